The van der Waals surface area contributed by atoms with Gasteiger partial charge in [-0.15, -0.1) is 0 Å². The van der Waals surface area contributed by atoms with Gasteiger partial charge in [-0.1, -0.05) is 66.7 Å². The number of rotatable bonds is 9. The van der Waals surface area contributed by atoms with Crippen LogP contribution in [0.25, 0.3) is 0 Å². The molecule has 0 radical (unpaired) electrons. The molecule has 3 aromatic rings. The highest BCUT2D eigenvalue weighted by molar-refractivity contribution is 7.76. The van der Waals surface area contributed by atoms with Gasteiger partial charge in [-0.25, -0.2) is 0 Å². The molecule has 1 fully saturated rings. The van der Waals surface area contributed by atoms with Crippen molar-refractivity contribution < 1.29 is 9.36 Å². The minimum absolute atomic E-state index is 0.123. The number of nitrogens with one attached hydrogen (secondary N) is 2. The summed E-state index contributed by atoms with van der Waals surface area (Å²) in [6.45, 7) is 5.23. The van der Waals surface area contributed by atoms with E-state index < -0.39 is 13.0 Å². The van der Waals surface area contributed by atoms with Crippen molar-refractivity contribution in [1.82, 2.24) is 15.3 Å². The number of amides is 1. The molecule has 0 spiro atoms. The lowest BCUT2D eigenvalue weighted by atomic mass is 10.1. The number of benzene rings is 3. The fourth-order valence-corrected chi connectivity index (χ4v) is 6.81. The first-order valence-corrected chi connectivity index (χ1v) is 13.2. The van der Waals surface area contributed by atoms with Crippen LogP contribution in [0.3, 0.4) is 0 Å². The summed E-state index contributed by atoms with van der Waals surface area (Å²) in [6.07, 6.45) is 1.38. The smallest absolute Gasteiger partial charge is 0.241 e. The first-order chi connectivity index (χ1) is 15.9. The molecule has 1 aliphatic rings. The molecule has 0 bridgehead atoms. The van der Waals surface area contributed by atoms with Gasteiger partial charge in [-0.2, -0.15) is 0 Å². The predicted octanol–water partition coefficient (Wildman–Crippen LogP) is 3.67. The highest BCUT2D eigenvalue weighted by Crippen LogP contribution is 2.38. The summed E-state index contributed by atoms with van der Waals surface area (Å²) in [6, 6.07) is 29.0. The first-order valence-electron chi connectivity index (χ1n) is 11.5. The lowest BCUT2D eigenvalue weighted by Gasteiger charge is -2.31. The van der Waals surface area contributed by atoms with Crippen LogP contribution in [0.4, 0.5) is 0 Å². The average molecular weight is 462 g/mol. The van der Waals surface area contributed by atoms with Gasteiger partial charge in [0.05, 0.1) is 11.7 Å². The Balaban J connectivity index is 1.40. The van der Waals surface area contributed by atoms with Gasteiger partial charge in [0.15, 0.2) is 0 Å². The summed E-state index contributed by atoms with van der Waals surface area (Å²) >= 11 is 0. The van der Waals surface area contributed by atoms with Crippen LogP contribution >= 0.6 is 7.29 Å². The maximum Gasteiger partial charge on any atom is 0.241 e. The zero-order valence-corrected chi connectivity index (χ0v) is 20.2. The molecule has 6 heteroatoms. The average Bonchev–Trinajstić information content (AvgIpc) is 3.05. The van der Waals surface area contributed by atoms with Crippen LogP contribution in [-0.4, -0.2) is 35.6 Å². The molecular weight excluding hydrogens is 429 g/mol. The molecular formula is C27H32N3O2P. The SMILES string of the molecule is CC1(C)N[C@@H](Cc2ccccc2)C(=O)N1CCCNP(=O)(c1ccccc1)c1ccccc1. The first kappa shape index (κ1) is 23.4. The molecule has 0 saturated carbocycles. The third-order valence-electron chi connectivity index (χ3n) is 6.18. The Morgan fingerprint density at radius 1 is 0.879 bits per heavy atom. The molecule has 172 valence electrons. The van der Waals surface area contributed by atoms with Gasteiger partial charge in [0.2, 0.25) is 13.2 Å². The molecule has 0 aromatic heterocycles. The Labute approximate surface area is 196 Å². The minimum Gasteiger partial charge on any atom is -0.324 e. The highest BCUT2D eigenvalue weighted by Gasteiger charge is 2.43. The Morgan fingerprint density at radius 3 is 1.94 bits per heavy atom. The van der Waals surface area contributed by atoms with Crippen LogP contribution in [-0.2, 0) is 15.8 Å². The van der Waals surface area contributed by atoms with E-state index >= 15 is 0 Å². The molecule has 2 N–H and O–H groups in total. The fraction of sp³-hybridized carbons (Fsp3) is 0.296. The second-order valence-electron chi connectivity index (χ2n) is 8.98. The van der Waals surface area contributed by atoms with E-state index in [2.05, 4.69) is 22.5 Å². The summed E-state index contributed by atoms with van der Waals surface area (Å²) in [5.41, 5.74) is 0.730. The molecule has 1 heterocycles. The Morgan fingerprint density at radius 2 is 1.39 bits per heavy atom. The highest BCUT2D eigenvalue weighted by atomic mass is 31.2. The number of hydrogen-bond donors (Lipinski definition) is 2. The number of hydrogen-bond acceptors (Lipinski definition) is 3. The summed E-state index contributed by atoms with van der Waals surface area (Å²) in [7, 11) is -2.96. The van der Waals surface area contributed by atoms with Crippen molar-refractivity contribution in [2.24, 2.45) is 0 Å². The lowest BCUT2D eigenvalue weighted by molar-refractivity contribution is -0.131. The van der Waals surface area contributed by atoms with E-state index in [0.29, 0.717) is 25.9 Å². The molecule has 0 unspecified atom stereocenters. The number of carbonyl (C=O) groups is 1. The summed E-state index contributed by atoms with van der Waals surface area (Å²) in [5.74, 6) is 0.123. The van der Waals surface area contributed by atoms with Gasteiger partial charge < -0.3 is 4.90 Å². The third-order valence-corrected chi connectivity index (χ3v) is 8.90. The third kappa shape index (κ3) is 5.27. The second kappa shape index (κ2) is 10.0. The van der Waals surface area contributed by atoms with Crippen molar-refractivity contribution >= 4 is 23.8 Å². The Bertz CT molecular complexity index is 1060. The van der Waals surface area contributed by atoms with Crippen molar-refractivity contribution in [3.05, 3.63) is 96.6 Å². The van der Waals surface area contributed by atoms with Crippen molar-refractivity contribution in [2.45, 2.75) is 38.4 Å². The van der Waals surface area contributed by atoms with Crippen LogP contribution in [0, 0.1) is 0 Å². The fourth-order valence-electron chi connectivity index (χ4n) is 4.49. The zero-order chi connectivity index (χ0) is 23.3. The van der Waals surface area contributed by atoms with Gasteiger partial charge in [-0.3, -0.25) is 19.8 Å². The van der Waals surface area contributed by atoms with Gasteiger partial charge >= 0.3 is 0 Å². The van der Waals surface area contributed by atoms with E-state index in [0.717, 1.165) is 16.2 Å². The van der Waals surface area contributed by atoms with Crippen LogP contribution < -0.4 is 21.0 Å². The van der Waals surface area contributed by atoms with E-state index in [-0.39, 0.29) is 11.9 Å². The number of nitrogens with zero attached hydrogens (tertiary/aromatic N) is 1. The van der Waals surface area contributed by atoms with Gasteiger partial charge in [0.25, 0.3) is 0 Å². The normalized spacial score (nSPS) is 17.9. The van der Waals surface area contributed by atoms with Crippen LogP contribution in [0.2, 0.25) is 0 Å². The van der Waals surface area contributed by atoms with Crippen molar-refractivity contribution in [3.63, 3.8) is 0 Å². The topological polar surface area (TPSA) is 61.4 Å². The van der Waals surface area contributed by atoms with E-state index in [9.17, 15) is 9.36 Å². The summed E-state index contributed by atoms with van der Waals surface area (Å²) in [4.78, 5) is 15.1. The molecule has 1 aliphatic heterocycles. The van der Waals surface area contributed by atoms with E-state index in [4.69, 9.17) is 0 Å². The van der Waals surface area contributed by atoms with Gasteiger partial charge in [-0.05, 0) is 56.5 Å². The Hall–Kier alpha value is -2.72. The van der Waals surface area contributed by atoms with Crippen LogP contribution in [0.15, 0.2) is 91.0 Å². The van der Waals surface area contributed by atoms with Gasteiger partial charge in [0.1, 0.15) is 0 Å². The van der Waals surface area contributed by atoms with Crippen LogP contribution in [0.1, 0.15) is 25.8 Å². The van der Waals surface area contributed by atoms with Crippen molar-refractivity contribution in [2.75, 3.05) is 13.1 Å². The maximum absolute atomic E-state index is 14.1. The largest absolute Gasteiger partial charge is 0.324 e. The monoisotopic (exact) mass is 461 g/mol. The lowest BCUT2D eigenvalue weighted by Crippen LogP contribution is -2.48. The van der Waals surface area contributed by atoms with Gasteiger partial charge in [0, 0.05) is 23.7 Å². The van der Waals surface area contributed by atoms with E-state index in [1.807, 2.05) is 97.6 Å². The van der Waals surface area contributed by atoms with Crippen LogP contribution in [0.5, 0.6) is 0 Å². The molecule has 1 amide bonds. The van der Waals surface area contributed by atoms with E-state index in [1.165, 1.54) is 0 Å². The molecule has 5 nitrogen and oxygen atoms in total. The summed E-state index contributed by atoms with van der Waals surface area (Å²) in [5, 5.41) is 8.41. The molecule has 0 aliphatic carbocycles. The molecule has 1 atom stereocenters. The molecule has 3 aromatic carbocycles. The maximum atomic E-state index is 14.1. The molecule has 1 saturated heterocycles. The van der Waals surface area contributed by atoms with Crippen molar-refractivity contribution in [3.8, 4) is 0 Å². The Kier molecular flexibility index (Phi) is 7.14. The minimum atomic E-state index is -2.96. The number of carbonyl (C=O) groups excluding carboxylic acids is 1. The van der Waals surface area contributed by atoms with E-state index in [1.54, 1.807) is 0 Å². The zero-order valence-electron chi connectivity index (χ0n) is 19.3. The standard InChI is InChI=1S/C27H32N3O2P/c1-27(2)29-25(21-22-13-6-3-7-14-22)26(31)30(27)20-12-19-28-33(32,23-15-8-4-9-16-23)24-17-10-5-11-18-24/h3-11,13-18,25,29H,12,19-21H2,1-2H3,(H,28,32)/t25-/m0/s1. The molecule has 33 heavy (non-hydrogen) atoms. The second-order valence-corrected chi connectivity index (χ2v) is 11.5. The summed E-state index contributed by atoms with van der Waals surface area (Å²) < 4.78 is 14.1. The van der Waals surface area contributed by atoms with Crippen molar-refractivity contribution in [1.29, 1.82) is 0 Å². The predicted molar refractivity (Wildman–Crippen MR) is 135 cm³/mol. The molecule has 4 rings (SSSR count). The quantitative estimate of drug-likeness (QED) is 0.377.